The maximum absolute atomic E-state index is 11.2. The molecule has 0 aromatic heterocycles. The molecule has 0 spiro atoms. The van der Waals surface area contributed by atoms with Gasteiger partial charge in [-0.25, -0.2) is 9.59 Å². The summed E-state index contributed by atoms with van der Waals surface area (Å²) in [5.41, 5.74) is -0.681. The van der Waals surface area contributed by atoms with E-state index in [-0.39, 0.29) is 0 Å². The fraction of sp³-hybridized carbons (Fsp3) is 0.333. The molecular formula is C12H14N2O4. The van der Waals surface area contributed by atoms with Crippen molar-refractivity contribution >= 4 is 12.2 Å². The van der Waals surface area contributed by atoms with Gasteiger partial charge >= 0.3 is 12.2 Å². The van der Waals surface area contributed by atoms with Gasteiger partial charge in [0.1, 0.15) is 11.4 Å². The molecule has 0 radical (unpaired) electrons. The van der Waals surface area contributed by atoms with Gasteiger partial charge in [-0.05, 0) is 32.9 Å². The first-order valence-electron chi connectivity index (χ1n) is 5.28. The first-order valence-corrected chi connectivity index (χ1v) is 5.28. The van der Waals surface area contributed by atoms with Crippen molar-refractivity contribution in [2.75, 3.05) is 0 Å². The van der Waals surface area contributed by atoms with Crippen LogP contribution >= 0.6 is 0 Å². The summed E-state index contributed by atoms with van der Waals surface area (Å²) in [6, 6.07) is 8.35. The number of rotatable bonds is 1. The van der Waals surface area contributed by atoms with E-state index in [1.54, 1.807) is 51.1 Å². The number of azo groups is 1. The highest BCUT2D eigenvalue weighted by Crippen LogP contribution is 2.10. The molecule has 6 heteroatoms. The van der Waals surface area contributed by atoms with Gasteiger partial charge in [0.05, 0.1) is 0 Å². The fourth-order valence-electron chi connectivity index (χ4n) is 0.974. The average molecular weight is 250 g/mol. The highest BCUT2D eigenvalue weighted by Gasteiger charge is 2.16. The molecule has 1 aromatic carbocycles. The van der Waals surface area contributed by atoms with Gasteiger partial charge in [0.25, 0.3) is 0 Å². The van der Waals surface area contributed by atoms with Gasteiger partial charge in [-0.2, -0.15) is 0 Å². The molecule has 0 unspecified atom stereocenters. The van der Waals surface area contributed by atoms with Crippen molar-refractivity contribution in [2.24, 2.45) is 10.2 Å². The zero-order valence-electron chi connectivity index (χ0n) is 10.4. The Labute approximate surface area is 105 Å². The van der Waals surface area contributed by atoms with Gasteiger partial charge in [0, 0.05) is 0 Å². The van der Waals surface area contributed by atoms with Crippen LogP contribution in [0.4, 0.5) is 9.59 Å². The number of ether oxygens (including phenoxy) is 2. The van der Waals surface area contributed by atoms with Crippen LogP contribution in [-0.4, -0.2) is 17.8 Å². The van der Waals surface area contributed by atoms with E-state index >= 15 is 0 Å². The minimum Gasteiger partial charge on any atom is -0.441 e. The summed E-state index contributed by atoms with van der Waals surface area (Å²) in [5, 5.41) is 6.19. The molecule has 1 aromatic rings. The SMILES string of the molecule is CC(C)(C)OC(=O)N=NC(=O)Oc1ccccc1. The van der Waals surface area contributed by atoms with Crippen LogP contribution in [-0.2, 0) is 4.74 Å². The van der Waals surface area contributed by atoms with E-state index in [1.807, 2.05) is 0 Å². The summed E-state index contributed by atoms with van der Waals surface area (Å²) >= 11 is 0. The van der Waals surface area contributed by atoms with Crippen LogP contribution in [0.15, 0.2) is 40.6 Å². The number of nitrogens with zero attached hydrogens (tertiary/aromatic N) is 2. The lowest BCUT2D eigenvalue weighted by Gasteiger charge is -2.16. The van der Waals surface area contributed by atoms with Crippen molar-refractivity contribution in [3.8, 4) is 5.75 Å². The number of hydrogen-bond donors (Lipinski definition) is 0. The molecule has 2 amide bonds. The van der Waals surface area contributed by atoms with Gasteiger partial charge in [-0.3, -0.25) is 0 Å². The Morgan fingerprint density at radius 1 is 1.00 bits per heavy atom. The minimum absolute atomic E-state index is 0.325. The number of para-hydroxylation sites is 1. The Balaban J connectivity index is 2.48. The molecule has 0 saturated heterocycles. The fourth-order valence-corrected chi connectivity index (χ4v) is 0.974. The average Bonchev–Trinajstić information content (AvgIpc) is 2.25. The Morgan fingerprint density at radius 3 is 2.11 bits per heavy atom. The zero-order valence-corrected chi connectivity index (χ0v) is 10.4. The van der Waals surface area contributed by atoms with Gasteiger partial charge in [-0.1, -0.05) is 28.4 Å². The lowest BCUT2D eigenvalue weighted by atomic mass is 10.2. The molecule has 0 N–H and O–H groups in total. The monoisotopic (exact) mass is 250 g/mol. The summed E-state index contributed by atoms with van der Waals surface area (Å²) in [5.74, 6) is 0.325. The van der Waals surface area contributed by atoms with Crippen molar-refractivity contribution in [3.63, 3.8) is 0 Å². The molecule has 0 heterocycles. The highest BCUT2D eigenvalue weighted by atomic mass is 16.6. The quantitative estimate of drug-likeness (QED) is 0.714. The van der Waals surface area contributed by atoms with E-state index in [0.717, 1.165) is 0 Å². The molecule has 96 valence electrons. The number of benzene rings is 1. The highest BCUT2D eigenvalue weighted by molar-refractivity contribution is 5.74. The van der Waals surface area contributed by atoms with Gasteiger partial charge in [0.2, 0.25) is 0 Å². The summed E-state index contributed by atoms with van der Waals surface area (Å²) in [6.07, 6.45) is -1.92. The standard InChI is InChI=1S/C12H14N2O4/c1-12(2,3)18-11(16)14-13-10(15)17-9-7-5-4-6-8-9/h4-8H,1-3H3. The smallest absolute Gasteiger partial charge is 0.441 e. The van der Waals surface area contributed by atoms with Crippen molar-refractivity contribution in [3.05, 3.63) is 30.3 Å². The largest absolute Gasteiger partial charge is 0.458 e. The molecule has 0 aliphatic rings. The molecule has 1 rings (SSSR count). The Kier molecular flexibility index (Phi) is 4.53. The third kappa shape index (κ3) is 5.74. The molecule has 0 aliphatic carbocycles. The molecule has 0 bridgehead atoms. The topological polar surface area (TPSA) is 77.3 Å². The predicted octanol–water partition coefficient (Wildman–Crippen LogP) is 3.57. The third-order valence-electron chi connectivity index (χ3n) is 1.56. The molecule has 18 heavy (non-hydrogen) atoms. The number of hydrogen-bond acceptors (Lipinski definition) is 4. The van der Waals surface area contributed by atoms with E-state index in [0.29, 0.717) is 5.75 Å². The van der Waals surface area contributed by atoms with Gasteiger partial charge in [-0.15, -0.1) is 0 Å². The molecule has 0 atom stereocenters. The second kappa shape index (κ2) is 5.90. The zero-order chi connectivity index (χ0) is 13.6. The molecule has 0 aliphatic heterocycles. The van der Waals surface area contributed by atoms with Crippen LogP contribution in [0.2, 0.25) is 0 Å². The van der Waals surface area contributed by atoms with Gasteiger partial charge in [0.15, 0.2) is 0 Å². The van der Waals surface area contributed by atoms with Crippen LogP contribution in [0.25, 0.3) is 0 Å². The van der Waals surface area contributed by atoms with E-state index < -0.39 is 17.8 Å². The maximum atomic E-state index is 11.2. The first kappa shape index (κ1) is 13.8. The summed E-state index contributed by atoms with van der Waals surface area (Å²) in [6.45, 7) is 5.05. The van der Waals surface area contributed by atoms with Crippen LogP contribution in [0, 0.1) is 0 Å². The maximum Gasteiger partial charge on any atom is 0.458 e. The van der Waals surface area contributed by atoms with Crippen molar-refractivity contribution in [1.82, 2.24) is 0 Å². The van der Waals surface area contributed by atoms with E-state index in [2.05, 4.69) is 10.2 Å². The molecule has 0 saturated carbocycles. The van der Waals surface area contributed by atoms with Crippen molar-refractivity contribution in [1.29, 1.82) is 0 Å². The van der Waals surface area contributed by atoms with E-state index in [4.69, 9.17) is 9.47 Å². The van der Waals surface area contributed by atoms with E-state index in [9.17, 15) is 9.59 Å². The molecule has 0 fully saturated rings. The lowest BCUT2D eigenvalue weighted by molar-refractivity contribution is 0.0589. The predicted molar refractivity (Wildman–Crippen MR) is 63.6 cm³/mol. The van der Waals surface area contributed by atoms with Crippen molar-refractivity contribution < 1.29 is 19.1 Å². The summed E-state index contributed by atoms with van der Waals surface area (Å²) in [7, 11) is 0. The first-order chi connectivity index (χ1) is 8.37. The van der Waals surface area contributed by atoms with Crippen LogP contribution in [0.3, 0.4) is 0 Å². The summed E-state index contributed by atoms with van der Waals surface area (Å²) in [4.78, 5) is 22.3. The summed E-state index contributed by atoms with van der Waals surface area (Å²) < 4.78 is 9.62. The number of carbonyl (C=O) groups excluding carboxylic acids is 2. The van der Waals surface area contributed by atoms with E-state index in [1.165, 1.54) is 0 Å². The second-order valence-electron chi connectivity index (χ2n) is 4.36. The normalized spacial score (nSPS) is 11.3. The second-order valence-corrected chi connectivity index (χ2v) is 4.36. The lowest BCUT2D eigenvalue weighted by Crippen LogP contribution is -2.21. The molecule has 6 nitrogen and oxygen atoms in total. The Hall–Kier alpha value is -2.24. The van der Waals surface area contributed by atoms with Crippen LogP contribution in [0.1, 0.15) is 20.8 Å². The van der Waals surface area contributed by atoms with Crippen molar-refractivity contribution in [2.45, 2.75) is 26.4 Å². The number of amides is 2. The number of carbonyl (C=O) groups is 2. The third-order valence-corrected chi connectivity index (χ3v) is 1.56. The minimum atomic E-state index is -0.980. The van der Waals surface area contributed by atoms with Crippen LogP contribution in [0.5, 0.6) is 5.75 Å². The van der Waals surface area contributed by atoms with Crippen LogP contribution < -0.4 is 4.74 Å². The van der Waals surface area contributed by atoms with Gasteiger partial charge < -0.3 is 9.47 Å². The Morgan fingerprint density at radius 2 is 1.56 bits per heavy atom. The Bertz CT molecular complexity index is 449. The molecular weight excluding hydrogens is 236 g/mol.